The van der Waals surface area contributed by atoms with Crippen molar-refractivity contribution >= 4 is 5.90 Å². The van der Waals surface area contributed by atoms with E-state index < -0.39 is 5.60 Å². The van der Waals surface area contributed by atoms with Gasteiger partial charge in [0.15, 0.2) is 0 Å². The number of nitrogens with zero attached hydrogens (tertiary/aromatic N) is 1. The molecule has 0 saturated carbocycles. The summed E-state index contributed by atoms with van der Waals surface area (Å²) in [6.45, 7) is 0.499. The number of hydrogen-bond donors (Lipinski definition) is 1. The van der Waals surface area contributed by atoms with E-state index in [0.29, 0.717) is 12.5 Å². The Labute approximate surface area is 181 Å². The van der Waals surface area contributed by atoms with Crippen molar-refractivity contribution in [2.24, 2.45) is 4.99 Å². The standard InChI is InChI=1S/C28H21NO2/c30-28(23-15-7-4-12-20(23)21-13-5-8-16-24(21)28)25-17-9-6-14-22(25)27-29-26(18-31-27)19-10-2-1-3-11-19/h1-17,26,30H,18H2/t26-/m0/s1. The predicted octanol–water partition coefficient (Wildman–Crippen LogP) is 5.47. The van der Waals surface area contributed by atoms with Gasteiger partial charge in [0.1, 0.15) is 18.2 Å². The van der Waals surface area contributed by atoms with E-state index in [2.05, 4.69) is 24.3 Å². The molecule has 0 aromatic heterocycles. The lowest BCUT2D eigenvalue weighted by molar-refractivity contribution is 0.130. The molecule has 0 spiro atoms. The third-order valence-corrected chi connectivity index (χ3v) is 6.31. The second-order valence-corrected chi connectivity index (χ2v) is 8.02. The topological polar surface area (TPSA) is 41.8 Å². The lowest BCUT2D eigenvalue weighted by Gasteiger charge is -2.28. The molecule has 0 bridgehead atoms. The molecule has 0 unspecified atom stereocenters. The third kappa shape index (κ3) is 2.67. The van der Waals surface area contributed by atoms with Gasteiger partial charge in [-0.25, -0.2) is 4.99 Å². The molecule has 150 valence electrons. The van der Waals surface area contributed by atoms with E-state index in [9.17, 15) is 5.11 Å². The number of benzene rings is 4. The lowest BCUT2D eigenvalue weighted by atomic mass is 9.81. The number of aliphatic imine (C=N–C) groups is 1. The summed E-state index contributed by atoms with van der Waals surface area (Å²) in [6.07, 6.45) is 0. The number of rotatable bonds is 3. The van der Waals surface area contributed by atoms with Gasteiger partial charge in [-0.3, -0.25) is 0 Å². The Morgan fingerprint density at radius 2 is 1.13 bits per heavy atom. The van der Waals surface area contributed by atoms with E-state index in [4.69, 9.17) is 9.73 Å². The molecule has 4 aromatic rings. The largest absolute Gasteiger partial charge is 0.475 e. The minimum Gasteiger partial charge on any atom is -0.475 e. The van der Waals surface area contributed by atoms with Crippen LogP contribution in [0.25, 0.3) is 11.1 Å². The highest BCUT2D eigenvalue weighted by Gasteiger charge is 2.44. The first-order valence-electron chi connectivity index (χ1n) is 10.5. The van der Waals surface area contributed by atoms with Gasteiger partial charge in [-0.15, -0.1) is 0 Å². The van der Waals surface area contributed by atoms with Crippen LogP contribution in [-0.4, -0.2) is 17.6 Å². The molecule has 0 radical (unpaired) electrons. The molecule has 4 aromatic carbocycles. The number of fused-ring (bicyclic) bond motifs is 3. The Hall–Kier alpha value is -3.69. The maximum atomic E-state index is 12.3. The summed E-state index contributed by atoms with van der Waals surface area (Å²) < 4.78 is 6.07. The van der Waals surface area contributed by atoms with Crippen LogP contribution in [0.2, 0.25) is 0 Å². The van der Waals surface area contributed by atoms with Gasteiger partial charge in [-0.1, -0.05) is 97.1 Å². The van der Waals surface area contributed by atoms with E-state index in [1.54, 1.807) is 0 Å². The van der Waals surface area contributed by atoms with E-state index >= 15 is 0 Å². The van der Waals surface area contributed by atoms with Gasteiger partial charge in [0.2, 0.25) is 5.90 Å². The summed E-state index contributed by atoms with van der Waals surface area (Å²) in [5.41, 5.74) is 5.39. The minimum absolute atomic E-state index is 0.0398. The molecule has 3 nitrogen and oxygen atoms in total. The summed E-state index contributed by atoms with van der Waals surface area (Å²) in [5, 5.41) is 12.3. The van der Waals surface area contributed by atoms with Crippen LogP contribution in [-0.2, 0) is 10.3 Å². The smallest absolute Gasteiger partial charge is 0.217 e. The van der Waals surface area contributed by atoms with Gasteiger partial charge in [0, 0.05) is 22.3 Å². The van der Waals surface area contributed by atoms with Gasteiger partial charge in [-0.05, 0) is 22.8 Å². The summed E-state index contributed by atoms with van der Waals surface area (Å²) >= 11 is 0. The van der Waals surface area contributed by atoms with Gasteiger partial charge in [0.25, 0.3) is 0 Å². The van der Waals surface area contributed by atoms with Crippen LogP contribution in [0.3, 0.4) is 0 Å². The second-order valence-electron chi connectivity index (χ2n) is 8.02. The molecular formula is C28H21NO2. The molecule has 31 heavy (non-hydrogen) atoms. The molecular weight excluding hydrogens is 382 g/mol. The highest BCUT2D eigenvalue weighted by Crippen LogP contribution is 2.51. The fourth-order valence-corrected chi connectivity index (χ4v) is 4.85. The van der Waals surface area contributed by atoms with Crippen molar-refractivity contribution in [3.05, 3.63) is 131 Å². The predicted molar refractivity (Wildman–Crippen MR) is 122 cm³/mol. The fourth-order valence-electron chi connectivity index (χ4n) is 4.85. The van der Waals surface area contributed by atoms with Crippen molar-refractivity contribution in [2.75, 3.05) is 6.61 Å². The first kappa shape index (κ1) is 18.1. The van der Waals surface area contributed by atoms with Crippen molar-refractivity contribution in [3.63, 3.8) is 0 Å². The maximum Gasteiger partial charge on any atom is 0.217 e. The van der Waals surface area contributed by atoms with Gasteiger partial charge >= 0.3 is 0 Å². The van der Waals surface area contributed by atoms with Crippen molar-refractivity contribution in [1.82, 2.24) is 0 Å². The molecule has 6 rings (SSSR count). The van der Waals surface area contributed by atoms with Crippen molar-refractivity contribution in [2.45, 2.75) is 11.6 Å². The lowest BCUT2D eigenvalue weighted by Crippen LogP contribution is -2.28. The Bertz CT molecular complexity index is 1260. The Balaban J connectivity index is 1.52. The van der Waals surface area contributed by atoms with Crippen LogP contribution in [0.5, 0.6) is 0 Å². The molecule has 1 aliphatic carbocycles. The molecule has 1 N–H and O–H groups in total. The zero-order valence-electron chi connectivity index (χ0n) is 16.9. The molecule has 1 atom stereocenters. The van der Waals surface area contributed by atoms with E-state index in [-0.39, 0.29) is 6.04 Å². The highest BCUT2D eigenvalue weighted by atomic mass is 16.5. The van der Waals surface area contributed by atoms with Crippen LogP contribution >= 0.6 is 0 Å². The van der Waals surface area contributed by atoms with Crippen molar-refractivity contribution in [3.8, 4) is 11.1 Å². The highest BCUT2D eigenvalue weighted by molar-refractivity contribution is 5.98. The second kappa shape index (κ2) is 6.93. The zero-order chi connectivity index (χ0) is 20.8. The maximum absolute atomic E-state index is 12.3. The fraction of sp³-hybridized carbons (Fsp3) is 0.107. The van der Waals surface area contributed by atoms with Crippen molar-refractivity contribution < 1.29 is 9.84 Å². The van der Waals surface area contributed by atoms with Crippen LogP contribution < -0.4 is 0 Å². The van der Waals surface area contributed by atoms with Gasteiger partial charge < -0.3 is 9.84 Å². The monoisotopic (exact) mass is 403 g/mol. The summed E-state index contributed by atoms with van der Waals surface area (Å²) in [6, 6.07) is 34.2. The quantitative estimate of drug-likeness (QED) is 0.493. The third-order valence-electron chi connectivity index (χ3n) is 6.31. The first-order chi connectivity index (χ1) is 15.3. The number of aliphatic hydroxyl groups is 1. The minimum atomic E-state index is -1.26. The van der Waals surface area contributed by atoms with E-state index in [1.165, 1.54) is 0 Å². The summed E-state index contributed by atoms with van der Waals surface area (Å²) in [7, 11) is 0. The van der Waals surface area contributed by atoms with Crippen LogP contribution in [0.1, 0.15) is 33.9 Å². The average molecular weight is 403 g/mol. The zero-order valence-corrected chi connectivity index (χ0v) is 16.9. The molecule has 0 amide bonds. The van der Waals surface area contributed by atoms with Crippen LogP contribution in [0.4, 0.5) is 0 Å². The Morgan fingerprint density at radius 1 is 0.645 bits per heavy atom. The average Bonchev–Trinajstić information content (AvgIpc) is 3.43. The molecule has 3 heteroatoms. The van der Waals surface area contributed by atoms with E-state index in [0.717, 1.165) is 38.9 Å². The molecule has 1 aliphatic heterocycles. The molecule has 0 fully saturated rings. The van der Waals surface area contributed by atoms with E-state index in [1.807, 2.05) is 78.9 Å². The summed E-state index contributed by atoms with van der Waals surface area (Å²) in [5.74, 6) is 0.583. The Morgan fingerprint density at radius 3 is 1.74 bits per heavy atom. The SMILES string of the molecule is OC1(c2ccccc2C2=N[C@H](c3ccccc3)CO2)c2ccccc2-c2ccccc21. The van der Waals surface area contributed by atoms with Gasteiger partial charge in [0.05, 0.1) is 0 Å². The number of hydrogen-bond acceptors (Lipinski definition) is 3. The molecule has 2 aliphatic rings. The van der Waals surface area contributed by atoms with Gasteiger partial charge in [-0.2, -0.15) is 0 Å². The van der Waals surface area contributed by atoms with Crippen molar-refractivity contribution in [1.29, 1.82) is 0 Å². The first-order valence-corrected chi connectivity index (χ1v) is 10.5. The Kier molecular flexibility index (Phi) is 4.05. The van der Waals surface area contributed by atoms with Crippen LogP contribution in [0.15, 0.2) is 108 Å². The molecule has 1 heterocycles. The van der Waals surface area contributed by atoms with Crippen LogP contribution in [0, 0.1) is 0 Å². The normalized spacial score (nSPS) is 18.1. The molecule has 0 saturated heterocycles. The summed E-state index contributed by atoms with van der Waals surface area (Å²) in [4.78, 5) is 4.89. The number of ether oxygens (including phenoxy) is 1.